The first-order valence-corrected chi connectivity index (χ1v) is 6.51. The zero-order chi connectivity index (χ0) is 14.4. The van der Waals surface area contributed by atoms with E-state index in [-0.39, 0.29) is 5.56 Å². The van der Waals surface area contributed by atoms with Crippen molar-refractivity contribution >= 4 is 16.7 Å². The Morgan fingerprint density at radius 3 is 2.81 bits per heavy atom. The normalized spacial score (nSPS) is 11.3. The lowest BCUT2D eigenvalue weighted by Crippen LogP contribution is -2.11. The van der Waals surface area contributed by atoms with Gasteiger partial charge in [-0.2, -0.15) is 9.61 Å². The highest BCUT2D eigenvalue weighted by atomic mass is 16.1. The molecule has 21 heavy (non-hydrogen) atoms. The Kier molecular flexibility index (Phi) is 2.38. The number of nitrogens with one attached hydrogen (secondary N) is 1. The van der Waals surface area contributed by atoms with Crippen LogP contribution in [0.2, 0.25) is 0 Å². The third kappa shape index (κ3) is 1.80. The zero-order valence-electron chi connectivity index (χ0n) is 11.2. The third-order valence-corrected chi connectivity index (χ3v) is 3.40. The second-order valence-corrected chi connectivity index (χ2v) is 4.87. The SMILES string of the molecule is Cc1cc2ncc3cc(-c4ccncc4)c(=O)[nH]c3n2n1. The molecule has 0 fully saturated rings. The number of pyridine rings is 2. The molecule has 0 bridgehead atoms. The van der Waals surface area contributed by atoms with Crippen LogP contribution in [-0.2, 0) is 0 Å². The smallest absolute Gasteiger partial charge is 0.257 e. The molecule has 0 aliphatic carbocycles. The van der Waals surface area contributed by atoms with Crippen molar-refractivity contribution in [1.29, 1.82) is 0 Å². The molecule has 0 aromatic carbocycles. The number of aromatic nitrogens is 5. The van der Waals surface area contributed by atoms with Crippen molar-refractivity contribution in [2.45, 2.75) is 6.92 Å². The van der Waals surface area contributed by atoms with Gasteiger partial charge in [-0.15, -0.1) is 0 Å². The summed E-state index contributed by atoms with van der Waals surface area (Å²) in [5.74, 6) is 0. The molecule has 0 unspecified atom stereocenters. The summed E-state index contributed by atoms with van der Waals surface area (Å²) in [6.45, 7) is 1.89. The third-order valence-electron chi connectivity index (χ3n) is 3.40. The van der Waals surface area contributed by atoms with Gasteiger partial charge in [-0.3, -0.25) is 9.78 Å². The minimum Gasteiger partial charge on any atom is -0.306 e. The molecule has 0 spiro atoms. The van der Waals surface area contributed by atoms with Crippen molar-refractivity contribution in [3.63, 3.8) is 0 Å². The highest BCUT2D eigenvalue weighted by Crippen LogP contribution is 2.19. The van der Waals surface area contributed by atoms with E-state index in [4.69, 9.17) is 0 Å². The highest BCUT2D eigenvalue weighted by molar-refractivity contribution is 5.81. The van der Waals surface area contributed by atoms with Crippen LogP contribution in [0.3, 0.4) is 0 Å². The van der Waals surface area contributed by atoms with Crippen molar-refractivity contribution in [1.82, 2.24) is 24.6 Å². The van der Waals surface area contributed by atoms with Crippen molar-refractivity contribution in [2.24, 2.45) is 0 Å². The number of H-pyrrole nitrogens is 1. The Balaban J connectivity index is 2.07. The van der Waals surface area contributed by atoms with Crippen molar-refractivity contribution in [2.75, 3.05) is 0 Å². The number of nitrogens with zero attached hydrogens (tertiary/aromatic N) is 4. The molecule has 0 saturated heterocycles. The van der Waals surface area contributed by atoms with E-state index in [0.29, 0.717) is 16.9 Å². The average Bonchev–Trinajstić information content (AvgIpc) is 2.88. The van der Waals surface area contributed by atoms with Gasteiger partial charge in [0.1, 0.15) is 5.65 Å². The average molecular weight is 277 g/mol. The molecule has 4 rings (SSSR count). The van der Waals surface area contributed by atoms with E-state index < -0.39 is 0 Å². The van der Waals surface area contributed by atoms with Gasteiger partial charge in [-0.05, 0) is 30.7 Å². The fourth-order valence-electron chi connectivity index (χ4n) is 2.43. The van der Waals surface area contributed by atoms with Gasteiger partial charge in [-0.1, -0.05) is 0 Å². The first kappa shape index (κ1) is 11.8. The highest BCUT2D eigenvalue weighted by Gasteiger charge is 2.09. The first-order chi connectivity index (χ1) is 10.2. The number of hydrogen-bond acceptors (Lipinski definition) is 4. The second kappa shape index (κ2) is 4.24. The fourth-order valence-corrected chi connectivity index (χ4v) is 2.43. The van der Waals surface area contributed by atoms with Crippen LogP contribution in [0, 0.1) is 6.92 Å². The van der Waals surface area contributed by atoms with Crippen LogP contribution in [0.4, 0.5) is 0 Å². The lowest BCUT2D eigenvalue weighted by atomic mass is 10.1. The van der Waals surface area contributed by atoms with Crippen LogP contribution in [-0.4, -0.2) is 24.6 Å². The molecule has 0 amide bonds. The monoisotopic (exact) mass is 277 g/mol. The Morgan fingerprint density at radius 2 is 2.00 bits per heavy atom. The molecule has 4 aromatic heterocycles. The molecule has 6 heteroatoms. The van der Waals surface area contributed by atoms with Crippen molar-refractivity contribution in [3.8, 4) is 11.1 Å². The summed E-state index contributed by atoms with van der Waals surface area (Å²) in [5.41, 5.74) is 3.48. The topological polar surface area (TPSA) is 75.9 Å². The number of hydrogen-bond donors (Lipinski definition) is 1. The van der Waals surface area contributed by atoms with Gasteiger partial charge in [0.15, 0.2) is 5.65 Å². The predicted octanol–water partition coefficient (Wildman–Crippen LogP) is 1.94. The molecular formula is C15H11N5O. The summed E-state index contributed by atoms with van der Waals surface area (Å²) in [4.78, 5) is 23.6. The fraction of sp³-hybridized carbons (Fsp3) is 0.0667. The van der Waals surface area contributed by atoms with E-state index >= 15 is 0 Å². The van der Waals surface area contributed by atoms with Gasteiger partial charge in [0.05, 0.1) is 5.69 Å². The Hall–Kier alpha value is -3.02. The summed E-state index contributed by atoms with van der Waals surface area (Å²) < 4.78 is 1.66. The Morgan fingerprint density at radius 1 is 1.19 bits per heavy atom. The lowest BCUT2D eigenvalue weighted by molar-refractivity contribution is 0.936. The van der Waals surface area contributed by atoms with Crippen molar-refractivity contribution in [3.05, 3.63) is 58.9 Å². The van der Waals surface area contributed by atoms with Gasteiger partial charge in [0.25, 0.3) is 5.56 Å². The van der Waals surface area contributed by atoms with Crippen LogP contribution < -0.4 is 5.56 Å². The van der Waals surface area contributed by atoms with E-state index in [9.17, 15) is 4.79 Å². The summed E-state index contributed by atoms with van der Waals surface area (Å²) >= 11 is 0. The van der Waals surface area contributed by atoms with Crippen LogP contribution in [0.25, 0.3) is 27.8 Å². The largest absolute Gasteiger partial charge is 0.306 e. The van der Waals surface area contributed by atoms with Gasteiger partial charge in [-0.25, -0.2) is 4.98 Å². The molecule has 1 N–H and O–H groups in total. The quantitative estimate of drug-likeness (QED) is 0.577. The lowest BCUT2D eigenvalue weighted by Gasteiger charge is -2.04. The summed E-state index contributed by atoms with van der Waals surface area (Å²) in [7, 11) is 0. The maximum Gasteiger partial charge on any atom is 0.257 e. The second-order valence-electron chi connectivity index (χ2n) is 4.87. The zero-order valence-corrected chi connectivity index (χ0v) is 11.2. The Labute approximate surface area is 119 Å². The summed E-state index contributed by atoms with van der Waals surface area (Å²) in [5, 5.41) is 5.19. The maximum atomic E-state index is 12.3. The molecule has 0 aliphatic rings. The summed E-state index contributed by atoms with van der Waals surface area (Å²) in [6.07, 6.45) is 5.07. The molecule has 4 aromatic rings. The molecular weight excluding hydrogens is 266 g/mol. The van der Waals surface area contributed by atoms with E-state index in [1.807, 2.05) is 19.1 Å². The number of fused-ring (bicyclic) bond motifs is 3. The minimum absolute atomic E-state index is 0.158. The van der Waals surface area contributed by atoms with Gasteiger partial charge in [0, 0.05) is 35.6 Å². The van der Waals surface area contributed by atoms with Crippen LogP contribution in [0.15, 0.2) is 47.7 Å². The Bertz CT molecular complexity index is 1020. The molecule has 0 aliphatic heterocycles. The maximum absolute atomic E-state index is 12.3. The van der Waals surface area contributed by atoms with Crippen LogP contribution >= 0.6 is 0 Å². The summed E-state index contributed by atoms with van der Waals surface area (Å²) in [6, 6.07) is 7.31. The van der Waals surface area contributed by atoms with Gasteiger partial charge < -0.3 is 4.98 Å². The van der Waals surface area contributed by atoms with Crippen LogP contribution in [0.1, 0.15) is 5.69 Å². The van der Waals surface area contributed by atoms with Crippen molar-refractivity contribution < 1.29 is 0 Å². The van der Waals surface area contributed by atoms with Gasteiger partial charge >= 0.3 is 0 Å². The number of rotatable bonds is 1. The van der Waals surface area contributed by atoms with E-state index in [1.54, 1.807) is 35.2 Å². The molecule has 6 nitrogen and oxygen atoms in total. The van der Waals surface area contributed by atoms with E-state index in [1.165, 1.54) is 0 Å². The molecule has 102 valence electrons. The standard InChI is InChI=1S/C15H11N5O/c1-9-6-13-17-8-11-7-12(10-2-4-16-5-3-10)15(21)18-14(11)20(13)19-9/h2-8H,1H3,(H,18,21). The van der Waals surface area contributed by atoms with Crippen LogP contribution in [0.5, 0.6) is 0 Å². The molecule has 0 atom stereocenters. The minimum atomic E-state index is -0.158. The predicted molar refractivity (Wildman–Crippen MR) is 79.1 cm³/mol. The molecule has 4 heterocycles. The molecule has 0 radical (unpaired) electrons. The number of aryl methyl sites for hydroxylation is 1. The number of aromatic amines is 1. The van der Waals surface area contributed by atoms with E-state index in [0.717, 1.165) is 16.6 Å². The van der Waals surface area contributed by atoms with E-state index in [2.05, 4.69) is 20.1 Å². The first-order valence-electron chi connectivity index (χ1n) is 6.51. The molecule has 0 saturated carbocycles. The van der Waals surface area contributed by atoms with Gasteiger partial charge in [0.2, 0.25) is 0 Å².